The fourth-order valence-corrected chi connectivity index (χ4v) is 3.12. The van der Waals surface area contributed by atoms with Gasteiger partial charge in [0.2, 0.25) is 0 Å². The lowest BCUT2D eigenvalue weighted by atomic mass is 10.0. The smallest absolute Gasteiger partial charge is 0.251 e. The number of carbonyl (C=O) groups excluding carboxylic acids is 1. The Morgan fingerprint density at radius 1 is 1.23 bits per heavy atom. The van der Waals surface area contributed by atoms with Crippen LogP contribution in [0.1, 0.15) is 23.2 Å². The van der Waals surface area contributed by atoms with Crippen molar-refractivity contribution in [2.75, 3.05) is 26.2 Å². The number of β-amino-alcohol motifs (C(OH)–C–C–N with tert-alkyl or cyclic N) is 1. The van der Waals surface area contributed by atoms with E-state index in [-0.39, 0.29) is 18.6 Å². The van der Waals surface area contributed by atoms with Gasteiger partial charge in [-0.05, 0) is 42.3 Å². The monoisotopic (exact) mass is 298 g/mol. The maximum Gasteiger partial charge on any atom is 0.251 e. The molecule has 3 rings (SSSR count). The fourth-order valence-electron chi connectivity index (χ4n) is 3.12. The summed E-state index contributed by atoms with van der Waals surface area (Å²) in [7, 11) is 0. The second-order valence-corrected chi connectivity index (χ2v) is 5.90. The summed E-state index contributed by atoms with van der Waals surface area (Å²) in [6.45, 7) is 2.68. The lowest BCUT2D eigenvalue weighted by Crippen LogP contribution is -2.48. The van der Waals surface area contributed by atoms with Gasteiger partial charge in [0.25, 0.3) is 5.91 Å². The van der Waals surface area contributed by atoms with Crippen molar-refractivity contribution in [1.29, 1.82) is 0 Å². The third kappa shape index (κ3) is 3.46. The molecule has 1 aliphatic rings. The van der Waals surface area contributed by atoms with E-state index >= 15 is 0 Å². The predicted octanol–water partition coefficient (Wildman–Crippen LogP) is 2.03. The highest BCUT2D eigenvalue weighted by Crippen LogP contribution is 2.16. The molecule has 2 aromatic carbocycles. The van der Waals surface area contributed by atoms with Crippen LogP contribution >= 0.6 is 0 Å². The van der Waals surface area contributed by atoms with Gasteiger partial charge in [-0.2, -0.15) is 0 Å². The van der Waals surface area contributed by atoms with Crippen LogP contribution in [0.15, 0.2) is 42.5 Å². The molecule has 0 aromatic heterocycles. The highest BCUT2D eigenvalue weighted by atomic mass is 16.3. The average molecular weight is 298 g/mol. The van der Waals surface area contributed by atoms with Crippen LogP contribution in [0.3, 0.4) is 0 Å². The van der Waals surface area contributed by atoms with Gasteiger partial charge in [0, 0.05) is 24.7 Å². The summed E-state index contributed by atoms with van der Waals surface area (Å²) < 4.78 is 0. The zero-order valence-corrected chi connectivity index (χ0v) is 12.7. The Bertz CT molecular complexity index is 654. The van der Waals surface area contributed by atoms with Crippen LogP contribution in [0.2, 0.25) is 0 Å². The number of hydrogen-bond acceptors (Lipinski definition) is 3. The molecule has 0 bridgehead atoms. The minimum absolute atomic E-state index is 0.0124. The van der Waals surface area contributed by atoms with Gasteiger partial charge < -0.3 is 10.4 Å². The number of fused-ring (bicyclic) bond motifs is 1. The Balaban J connectivity index is 1.67. The van der Waals surface area contributed by atoms with Gasteiger partial charge in [0.05, 0.1) is 6.61 Å². The molecule has 1 saturated heterocycles. The molecule has 1 fully saturated rings. The normalized spacial score (nSPS) is 19.2. The topological polar surface area (TPSA) is 52.6 Å². The predicted molar refractivity (Wildman–Crippen MR) is 88.0 cm³/mol. The number of amides is 1. The van der Waals surface area contributed by atoms with Crippen LogP contribution in [0.25, 0.3) is 10.8 Å². The first-order valence-corrected chi connectivity index (χ1v) is 7.89. The molecule has 1 atom stereocenters. The van der Waals surface area contributed by atoms with Gasteiger partial charge in [-0.1, -0.05) is 30.3 Å². The molecule has 0 spiro atoms. The van der Waals surface area contributed by atoms with Crippen molar-refractivity contribution in [3.8, 4) is 0 Å². The van der Waals surface area contributed by atoms with Crippen LogP contribution in [0.4, 0.5) is 0 Å². The van der Waals surface area contributed by atoms with Crippen LogP contribution in [0, 0.1) is 0 Å². The van der Waals surface area contributed by atoms with E-state index in [1.54, 1.807) is 0 Å². The van der Waals surface area contributed by atoms with E-state index in [1.165, 1.54) is 0 Å². The molecule has 0 saturated carbocycles. The van der Waals surface area contributed by atoms with Gasteiger partial charge in [0.1, 0.15) is 0 Å². The summed E-state index contributed by atoms with van der Waals surface area (Å²) in [4.78, 5) is 14.6. The number of carbonyl (C=O) groups is 1. The van der Waals surface area contributed by atoms with E-state index in [0.717, 1.165) is 36.7 Å². The molecule has 1 amide bonds. The van der Waals surface area contributed by atoms with Crippen LogP contribution < -0.4 is 5.32 Å². The first kappa shape index (κ1) is 15.0. The first-order valence-electron chi connectivity index (χ1n) is 7.89. The molecule has 0 aliphatic carbocycles. The summed E-state index contributed by atoms with van der Waals surface area (Å²) in [5.41, 5.74) is 0.706. The molecule has 2 N–H and O–H groups in total. The molecule has 1 aliphatic heterocycles. The second-order valence-electron chi connectivity index (χ2n) is 5.90. The molecule has 1 heterocycles. The zero-order valence-electron chi connectivity index (χ0n) is 12.7. The third-order valence-corrected chi connectivity index (χ3v) is 4.27. The molecule has 1 unspecified atom stereocenters. The number of aliphatic hydroxyl groups excluding tert-OH is 1. The van der Waals surface area contributed by atoms with Crippen molar-refractivity contribution in [2.45, 2.75) is 18.9 Å². The fraction of sp³-hybridized carbons (Fsp3) is 0.389. The van der Waals surface area contributed by atoms with E-state index in [9.17, 15) is 4.79 Å². The summed E-state index contributed by atoms with van der Waals surface area (Å²) in [5, 5.41) is 14.4. The van der Waals surface area contributed by atoms with Crippen molar-refractivity contribution < 1.29 is 9.90 Å². The molecule has 22 heavy (non-hydrogen) atoms. The molecule has 4 nitrogen and oxygen atoms in total. The highest BCUT2D eigenvalue weighted by Gasteiger charge is 2.21. The molecule has 2 aromatic rings. The van der Waals surface area contributed by atoms with Crippen molar-refractivity contribution in [2.24, 2.45) is 0 Å². The number of aliphatic hydroxyl groups is 1. The second kappa shape index (κ2) is 6.90. The number of hydrogen-bond donors (Lipinski definition) is 2. The number of nitrogens with zero attached hydrogens (tertiary/aromatic N) is 1. The average Bonchev–Trinajstić information content (AvgIpc) is 2.55. The number of nitrogens with one attached hydrogen (secondary N) is 1. The first-order chi connectivity index (χ1) is 10.8. The van der Waals surface area contributed by atoms with Gasteiger partial charge in [-0.15, -0.1) is 0 Å². The minimum atomic E-state index is -0.0124. The summed E-state index contributed by atoms with van der Waals surface area (Å²) in [6, 6.07) is 14.0. The number of rotatable bonds is 4. The Morgan fingerprint density at radius 2 is 2.05 bits per heavy atom. The lowest BCUT2D eigenvalue weighted by molar-refractivity contribution is 0.0894. The van der Waals surface area contributed by atoms with E-state index in [2.05, 4.69) is 10.2 Å². The van der Waals surface area contributed by atoms with Crippen LogP contribution in [-0.2, 0) is 0 Å². The lowest BCUT2D eigenvalue weighted by Gasteiger charge is -2.32. The van der Waals surface area contributed by atoms with Crippen LogP contribution in [-0.4, -0.2) is 48.2 Å². The Labute approximate surface area is 130 Å². The van der Waals surface area contributed by atoms with Crippen molar-refractivity contribution >= 4 is 16.7 Å². The summed E-state index contributed by atoms with van der Waals surface area (Å²) in [5.74, 6) is -0.0124. The quantitative estimate of drug-likeness (QED) is 0.908. The minimum Gasteiger partial charge on any atom is -0.395 e. The molecular formula is C18H22N2O2. The number of piperidine rings is 1. The van der Waals surface area contributed by atoms with Gasteiger partial charge in [-0.25, -0.2) is 0 Å². The SMILES string of the molecule is O=C(NC1CCCN(CCO)C1)c1ccc2ccccc2c1. The van der Waals surface area contributed by atoms with Crippen molar-refractivity contribution in [3.63, 3.8) is 0 Å². The van der Waals surface area contributed by atoms with E-state index in [1.807, 2.05) is 42.5 Å². The third-order valence-electron chi connectivity index (χ3n) is 4.27. The van der Waals surface area contributed by atoms with Gasteiger partial charge in [0.15, 0.2) is 0 Å². The van der Waals surface area contributed by atoms with Crippen LogP contribution in [0.5, 0.6) is 0 Å². The molecule has 4 heteroatoms. The van der Waals surface area contributed by atoms with Gasteiger partial charge >= 0.3 is 0 Å². The molecular weight excluding hydrogens is 276 g/mol. The summed E-state index contributed by atoms with van der Waals surface area (Å²) >= 11 is 0. The maximum absolute atomic E-state index is 12.4. The highest BCUT2D eigenvalue weighted by molar-refractivity contribution is 5.98. The summed E-state index contributed by atoms with van der Waals surface area (Å²) in [6.07, 6.45) is 2.06. The largest absolute Gasteiger partial charge is 0.395 e. The Kier molecular flexibility index (Phi) is 4.71. The number of benzene rings is 2. The van der Waals surface area contributed by atoms with E-state index in [0.29, 0.717) is 12.1 Å². The van der Waals surface area contributed by atoms with Gasteiger partial charge in [-0.3, -0.25) is 9.69 Å². The standard InChI is InChI=1S/C18H22N2O2/c21-11-10-20-9-3-6-17(13-20)19-18(22)16-8-7-14-4-1-2-5-15(14)12-16/h1-2,4-5,7-8,12,17,21H,3,6,9-11,13H2,(H,19,22). The molecule has 116 valence electrons. The Morgan fingerprint density at radius 3 is 2.86 bits per heavy atom. The van der Waals surface area contributed by atoms with Crippen molar-refractivity contribution in [1.82, 2.24) is 10.2 Å². The Hall–Kier alpha value is -1.91. The van der Waals surface area contributed by atoms with E-state index < -0.39 is 0 Å². The zero-order chi connectivity index (χ0) is 15.4. The van der Waals surface area contributed by atoms with E-state index in [4.69, 9.17) is 5.11 Å². The molecule has 0 radical (unpaired) electrons. The van der Waals surface area contributed by atoms with Crippen molar-refractivity contribution in [3.05, 3.63) is 48.0 Å². The number of likely N-dealkylation sites (tertiary alicyclic amines) is 1. The maximum atomic E-state index is 12.4.